The minimum absolute atomic E-state index is 0.0115. The van der Waals surface area contributed by atoms with Gasteiger partial charge in [0.1, 0.15) is 0 Å². The Morgan fingerprint density at radius 1 is 1.11 bits per heavy atom. The summed E-state index contributed by atoms with van der Waals surface area (Å²) in [6, 6.07) is 10.6. The zero-order valence-electron chi connectivity index (χ0n) is 14.5. The molecule has 0 aliphatic rings. The lowest BCUT2D eigenvalue weighted by Gasteiger charge is -2.09. The number of nitrogens with zero attached hydrogens (tertiary/aromatic N) is 3. The number of nitrogens with one attached hydrogen (secondary N) is 1. The Morgan fingerprint density at radius 2 is 1.82 bits per heavy atom. The molecule has 3 rings (SSSR count). The molecule has 144 valence electrons. The first-order valence-electron chi connectivity index (χ1n) is 7.98. The van der Waals surface area contributed by atoms with Gasteiger partial charge in [-0.2, -0.15) is 17.9 Å². The van der Waals surface area contributed by atoms with Crippen LogP contribution < -0.4 is 11.1 Å². The van der Waals surface area contributed by atoms with Crippen LogP contribution in [0.3, 0.4) is 0 Å². The lowest BCUT2D eigenvalue weighted by atomic mass is 10.1. The molecule has 0 saturated heterocycles. The molecule has 10 heteroatoms. The Balaban J connectivity index is 1.88. The zero-order chi connectivity index (χ0) is 20.5. The van der Waals surface area contributed by atoms with Crippen molar-refractivity contribution in [3.63, 3.8) is 0 Å². The molecule has 0 fully saturated rings. The molecular formula is C18H14F3N5O2. The second kappa shape index (κ2) is 7.14. The van der Waals surface area contributed by atoms with E-state index in [-0.39, 0.29) is 23.0 Å². The number of benzene rings is 2. The van der Waals surface area contributed by atoms with E-state index in [1.807, 2.05) is 0 Å². The van der Waals surface area contributed by atoms with E-state index in [4.69, 9.17) is 5.73 Å². The van der Waals surface area contributed by atoms with Crippen molar-refractivity contribution in [2.75, 3.05) is 11.1 Å². The summed E-state index contributed by atoms with van der Waals surface area (Å²) >= 11 is 0. The molecule has 0 unspecified atom stereocenters. The highest BCUT2D eigenvalue weighted by Gasteiger charge is 2.31. The Labute approximate surface area is 157 Å². The molecule has 1 heterocycles. The van der Waals surface area contributed by atoms with Crippen LogP contribution in [0.2, 0.25) is 0 Å². The van der Waals surface area contributed by atoms with Gasteiger partial charge in [-0.1, -0.05) is 23.4 Å². The van der Waals surface area contributed by atoms with Gasteiger partial charge in [0, 0.05) is 11.3 Å². The van der Waals surface area contributed by atoms with Crippen LogP contribution in [-0.4, -0.2) is 26.7 Å². The number of ketones is 1. The van der Waals surface area contributed by atoms with Crippen LogP contribution in [0.1, 0.15) is 33.3 Å². The van der Waals surface area contributed by atoms with Crippen molar-refractivity contribution in [3.05, 3.63) is 65.4 Å². The van der Waals surface area contributed by atoms with Crippen LogP contribution in [0, 0.1) is 0 Å². The number of anilines is 2. The first-order valence-corrected chi connectivity index (χ1v) is 7.98. The number of nitrogens with two attached hydrogens (primary N) is 1. The number of alkyl halides is 3. The number of halogens is 3. The number of carbonyl (C=O) groups is 2. The fourth-order valence-electron chi connectivity index (χ4n) is 2.46. The average molecular weight is 389 g/mol. The Kier molecular flexibility index (Phi) is 4.87. The first-order chi connectivity index (χ1) is 13.2. The maximum absolute atomic E-state index is 12.9. The van der Waals surface area contributed by atoms with Crippen LogP contribution in [0.4, 0.5) is 24.7 Å². The van der Waals surface area contributed by atoms with E-state index in [0.29, 0.717) is 11.3 Å². The number of hydrogen-bond donors (Lipinski definition) is 2. The highest BCUT2D eigenvalue weighted by molar-refractivity contribution is 6.06. The highest BCUT2D eigenvalue weighted by Crippen LogP contribution is 2.30. The van der Waals surface area contributed by atoms with Crippen molar-refractivity contribution in [3.8, 4) is 5.69 Å². The second-order valence-electron chi connectivity index (χ2n) is 5.87. The molecular weight excluding hydrogens is 375 g/mol. The number of hydrogen-bond acceptors (Lipinski definition) is 5. The smallest absolute Gasteiger partial charge is 0.382 e. The summed E-state index contributed by atoms with van der Waals surface area (Å²) in [6.45, 7) is 1.39. The molecule has 0 bridgehead atoms. The van der Waals surface area contributed by atoms with Crippen LogP contribution in [0.5, 0.6) is 0 Å². The lowest BCUT2D eigenvalue weighted by molar-refractivity contribution is -0.137. The number of aromatic nitrogens is 3. The van der Waals surface area contributed by atoms with Crippen molar-refractivity contribution in [2.24, 2.45) is 0 Å². The van der Waals surface area contributed by atoms with Crippen LogP contribution in [0.15, 0.2) is 48.5 Å². The summed E-state index contributed by atoms with van der Waals surface area (Å²) < 4.78 is 39.6. The monoisotopic (exact) mass is 389 g/mol. The van der Waals surface area contributed by atoms with E-state index >= 15 is 0 Å². The fraction of sp³-hybridized carbons (Fsp3) is 0.111. The molecule has 28 heavy (non-hydrogen) atoms. The summed E-state index contributed by atoms with van der Waals surface area (Å²) in [5, 5.41) is 9.87. The van der Waals surface area contributed by atoms with Crippen LogP contribution >= 0.6 is 0 Å². The third-order valence-electron chi connectivity index (χ3n) is 3.87. The quantitative estimate of drug-likeness (QED) is 0.667. The summed E-state index contributed by atoms with van der Waals surface area (Å²) in [5.41, 5.74) is 5.48. The van der Waals surface area contributed by atoms with E-state index in [0.717, 1.165) is 16.8 Å². The van der Waals surface area contributed by atoms with Gasteiger partial charge in [0.05, 0.1) is 11.3 Å². The fourth-order valence-corrected chi connectivity index (χ4v) is 2.46. The number of nitrogen functional groups attached to an aromatic ring is 1. The van der Waals surface area contributed by atoms with E-state index in [2.05, 4.69) is 15.6 Å². The van der Waals surface area contributed by atoms with E-state index in [9.17, 15) is 22.8 Å². The topological polar surface area (TPSA) is 103 Å². The van der Waals surface area contributed by atoms with Gasteiger partial charge in [0.2, 0.25) is 0 Å². The van der Waals surface area contributed by atoms with Gasteiger partial charge in [-0.15, -0.1) is 5.10 Å². The van der Waals surface area contributed by atoms with E-state index in [1.54, 1.807) is 18.2 Å². The van der Waals surface area contributed by atoms with E-state index in [1.165, 1.54) is 25.1 Å². The van der Waals surface area contributed by atoms with Gasteiger partial charge in [0.25, 0.3) is 5.91 Å². The zero-order valence-corrected chi connectivity index (χ0v) is 14.5. The van der Waals surface area contributed by atoms with Gasteiger partial charge >= 0.3 is 6.18 Å². The number of Topliss-reactive ketones (excluding diaryl/α,β-unsaturated/α-hetero) is 1. The molecule has 0 atom stereocenters. The molecule has 0 saturated carbocycles. The Hall–Kier alpha value is -3.69. The highest BCUT2D eigenvalue weighted by atomic mass is 19.4. The summed E-state index contributed by atoms with van der Waals surface area (Å²) in [4.78, 5) is 23.8. The van der Waals surface area contributed by atoms with Crippen molar-refractivity contribution in [1.29, 1.82) is 0 Å². The molecule has 1 amide bonds. The molecule has 0 radical (unpaired) electrons. The Bertz CT molecular complexity index is 1060. The summed E-state index contributed by atoms with van der Waals surface area (Å²) in [5.74, 6) is -1.11. The number of amides is 1. The van der Waals surface area contributed by atoms with Crippen molar-refractivity contribution >= 4 is 23.2 Å². The number of carbonyl (C=O) groups excluding carboxylic acids is 2. The molecule has 7 nitrogen and oxygen atoms in total. The maximum Gasteiger partial charge on any atom is 0.416 e. The molecule has 2 aromatic carbocycles. The van der Waals surface area contributed by atoms with Gasteiger partial charge in [-0.3, -0.25) is 9.59 Å². The first kappa shape index (κ1) is 19.1. The average Bonchev–Trinajstić information content (AvgIpc) is 3.03. The predicted molar refractivity (Wildman–Crippen MR) is 95.2 cm³/mol. The standard InChI is InChI=1S/C18H14F3N5O2/c1-10(27)11-4-2-6-13(8-11)23-17(28)15-16(22)26(25-24-15)14-7-3-5-12(9-14)18(19,20)21/h2-9H,22H2,1H3,(H,23,28). The summed E-state index contributed by atoms with van der Waals surface area (Å²) in [6.07, 6.45) is -4.53. The van der Waals surface area contributed by atoms with Gasteiger partial charge in [0.15, 0.2) is 17.3 Å². The van der Waals surface area contributed by atoms with Gasteiger partial charge in [-0.25, -0.2) is 0 Å². The van der Waals surface area contributed by atoms with Crippen LogP contribution in [0.25, 0.3) is 5.69 Å². The van der Waals surface area contributed by atoms with Crippen molar-refractivity contribution in [1.82, 2.24) is 15.0 Å². The summed E-state index contributed by atoms with van der Waals surface area (Å²) in [7, 11) is 0. The largest absolute Gasteiger partial charge is 0.416 e. The van der Waals surface area contributed by atoms with Crippen molar-refractivity contribution in [2.45, 2.75) is 13.1 Å². The third-order valence-corrected chi connectivity index (χ3v) is 3.87. The van der Waals surface area contributed by atoms with Gasteiger partial charge in [-0.05, 0) is 37.3 Å². The molecule has 3 N–H and O–H groups in total. The molecule has 0 aliphatic heterocycles. The molecule has 3 aromatic rings. The maximum atomic E-state index is 12.9. The normalized spacial score (nSPS) is 11.3. The second-order valence-corrected chi connectivity index (χ2v) is 5.87. The predicted octanol–water partition coefficient (Wildman–Crippen LogP) is 3.32. The SMILES string of the molecule is CC(=O)c1cccc(NC(=O)c2nnn(-c3cccc(C(F)(F)F)c3)c2N)c1. The number of rotatable bonds is 4. The van der Waals surface area contributed by atoms with Crippen LogP contribution in [-0.2, 0) is 6.18 Å². The molecule has 0 spiro atoms. The third kappa shape index (κ3) is 3.85. The molecule has 0 aliphatic carbocycles. The minimum atomic E-state index is -4.53. The van der Waals surface area contributed by atoms with Gasteiger partial charge < -0.3 is 11.1 Å². The van der Waals surface area contributed by atoms with Crippen molar-refractivity contribution < 1.29 is 22.8 Å². The Morgan fingerprint density at radius 3 is 2.50 bits per heavy atom. The lowest BCUT2D eigenvalue weighted by Crippen LogP contribution is -2.15. The van der Waals surface area contributed by atoms with E-state index < -0.39 is 17.6 Å². The molecule has 1 aromatic heterocycles. The minimum Gasteiger partial charge on any atom is -0.382 e.